The summed E-state index contributed by atoms with van der Waals surface area (Å²) in [7, 11) is 0. The van der Waals surface area contributed by atoms with Crippen molar-refractivity contribution in [3.05, 3.63) is 0 Å². The Labute approximate surface area is 116 Å². The summed E-state index contributed by atoms with van der Waals surface area (Å²) >= 11 is 0. The number of hydrogen-bond acceptors (Lipinski definition) is 3. The molecule has 1 amide bonds. The molecule has 2 aliphatic rings. The van der Waals surface area contributed by atoms with Gasteiger partial charge in [-0.15, -0.1) is 0 Å². The summed E-state index contributed by atoms with van der Waals surface area (Å²) in [6.07, 6.45) is 5.08. The number of carbonyl (C=O) groups is 1. The van der Waals surface area contributed by atoms with E-state index in [0.717, 1.165) is 51.9 Å². The molecule has 2 N–H and O–H groups in total. The highest BCUT2D eigenvalue weighted by Crippen LogP contribution is 2.35. The van der Waals surface area contributed by atoms with Crippen LogP contribution in [0.15, 0.2) is 0 Å². The molecule has 0 aromatic carbocycles. The molecule has 1 aliphatic heterocycles. The second-order valence-corrected chi connectivity index (χ2v) is 6.11. The van der Waals surface area contributed by atoms with Gasteiger partial charge < -0.3 is 15.4 Å². The molecule has 19 heavy (non-hydrogen) atoms. The van der Waals surface area contributed by atoms with Gasteiger partial charge in [-0.25, -0.2) is 0 Å². The molecule has 1 saturated carbocycles. The van der Waals surface area contributed by atoms with Crippen LogP contribution in [-0.4, -0.2) is 43.2 Å². The molecular weight excluding hydrogens is 240 g/mol. The van der Waals surface area contributed by atoms with Gasteiger partial charge in [-0.1, -0.05) is 13.8 Å². The predicted molar refractivity (Wildman–Crippen MR) is 75.7 cm³/mol. The summed E-state index contributed by atoms with van der Waals surface area (Å²) in [5.74, 6) is 0.808. The van der Waals surface area contributed by atoms with Gasteiger partial charge in [0.15, 0.2) is 0 Å². The van der Waals surface area contributed by atoms with Crippen molar-refractivity contribution in [2.75, 3.05) is 26.3 Å². The van der Waals surface area contributed by atoms with E-state index in [9.17, 15) is 4.79 Å². The van der Waals surface area contributed by atoms with Gasteiger partial charge in [0.05, 0.1) is 12.0 Å². The summed E-state index contributed by atoms with van der Waals surface area (Å²) in [5, 5.41) is 0. The Balaban J connectivity index is 2.06. The fourth-order valence-electron chi connectivity index (χ4n) is 3.02. The van der Waals surface area contributed by atoms with Crippen molar-refractivity contribution in [2.24, 2.45) is 17.1 Å². The summed E-state index contributed by atoms with van der Waals surface area (Å²) < 4.78 is 5.44. The third-order valence-corrected chi connectivity index (χ3v) is 4.93. The third-order valence-electron chi connectivity index (χ3n) is 4.93. The van der Waals surface area contributed by atoms with Crippen molar-refractivity contribution in [3.8, 4) is 0 Å². The Morgan fingerprint density at radius 2 is 2.00 bits per heavy atom. The fraction of sp³-hybridized carbons (Fsp3) is 0.933. The van der Waals surface area contributed by atoms with Crippen LogP contribution in [0, 0.1) is 11.3 Å². The van der Waals surface area contributed by atoms with Crippen LogP contribution in [0.3, 0.4) is 0 Å². The molecule has 110 valence electrons. The maximum atomic E-state index is 12.9. The first-order valence-electron chi connectivity index (χ1n) is 7.75. The van der Waals surface area contributed by atoms with Crippen LogP contribution in [0.5, 0.6) is 0 Å². The van der Waals surface area contributed by atoms with E-state index in [1.807, 2.05) is 0 Å². The number of ether oxygens (including phenoxy) is 1. The Morgan fingerprint density at radius 1 is 1.32 bits per heavy atom. The monoisotopic (exact) mass is 268 g/mol. The Bertz CT molecular complexity index is 297. The van der Waals surface area contributed by atoms with Gasteiger partial charge >= 0.3 is 0 Å². The van der Waals surface area contributed by atoms with Crippen LogP contribution in [0.4, 0.5) is 0 Å². The zero-order valence-corrected chi connectivity index (χ0v) is 12.4. The average Bonchev–Trinajstić information content (AvgIpc) is 3.15. The third kappa shape index (κ3) is 3.11. The molecule has 0 spiro atoms. The molecule has 0 radical (unpaired) electrons. The number of rotatable bonds is 7. The Kier molecular flexibility index (Phi) is 4.85. The van der Waals surface area contributed by atoms with Gasteiger partial charge in [-0.05, 0) is 32.1 Å². The predicted octanol–water partition coefficient (Wildman–Crippen LogP) is 1.78. The van der Waals surface area contributed by atoms with E-state index < -0.39 is 0 Å². The number of hydrogen-bond donors (Lipinski definition) is 1. The molecule has 0 aromatic heterocycles. The number of nitrogens with two attached hydrogens (primary N) is 1. The van der Waals surface area contributed by atoms with Gasteiger partial charge in [0.1, 0.15) is 0 Å². The van der Waals surface area contributed by atoms with E-state index in [2.05, 4.69) is 18.7 Å². The molecule has 4 heteroatoms. The second kappa shape index (κ2) is 6.23. The van der Waals surface area contributed by atoms with Gasteiger partial charge in [0.2, 0.25) is 5.91 Å². The summed E-state index contributed by atoms with van der Waals surface area (Å²) in [6.45, 7) is 7.15. The lowest BCUT2D eigenvalue weighted by Gasteiger charge is -2.36. The Hall–Kier alpha value is -0.610. The largest absolute Gasteiger partial charge is 0.381 e. The summed E-state index contributed by atoms with van der Waals surface area (Å²) in [6, 6.07) is 0.470. The highest BCUT2D eigenvalue weighted by Gasteiger charge is 2.43. The highest BCUT2D eigenvalue weighted by atomic mass is 16.5. The van der Waals surface area contributed by atoms with Crippen molar-refractivity contribution >= 4 is 5.91 Å². The number of amides is 1. The van der Waals surface area contributed by atoms with Crippen LogP contribution in [0.1, 0.15) is 46.0 Å². The van der Waals surface area contributed by atoms with Crippen molar-refractivity contribution in [1.29, 1.82) is 0 Å². The van der Waals surface area contributed by atoms with Gasteiger partial charge in [0.25, 0.3) is 0 Å². The molecule has 1 heterocycles. The van der Waals surface area contributed by atoms with Crippen LogP contribution < -0.4 is 5.73 Å². The first-order valence-corrected chi connectivity index (χ1v) is 7.75. The topological polar surface area (TPSA) is 55.6 Å². The average molecular weight is 268 g/mol. The van der Waals surface area contributed by atoms with Crippen molar-refractivity contribution in [1.82, 2.24) is 4.90 Å². The van der Waals surface area contributed by atoms with Crippen LogP contribution in [-0.2, 0) is 9.53 Å². The fourth-order valence-corrected chi connectivity index (χ4v) is 3.02. The minimum atomic E-state index is -0.345. The van der Waals surface area contributed by atoms with Gasteiger partial charge in [-0.2, -0.15) is 0 Å². The van der Waals surface area contributed by atoms with E-state index in [-0.39, 0.29) is 11.3 Å². The summed E-state index contributed by atoms with van der Waals surface area (Å²) in [4.78, 5) is 15.1. The summed E-state index contributed by atoms with van der Waals surface area (Å²) in [5.41, 5.74) is 5.58. The quantitative estimate of drug-likeness (QED) is 0.765. The molecular formula is C15H28N2O2. The van der Waals surface area contributed by atoms with Crippen LogP contribution >= 0.6 is 0 Å². The van der Waals surface area contributed by atoms with Crippen molar-refractivity contribution in [2.45, 2.75) is 52.0 Å². The van der Waals surface area contributed by atoms with E-state index in [4.69, 9.17) is 10.5 Å². The standard InChI is InChI=1S/C15H28N2O2/c1-3-15(4-2,11-16)14(18)17(13-5-6-13)9-12-7-8-19-10-12/h12-13H,3-11,16H2,1-2H3. The zero-order valence-electron chi connectivity index (χ0n) is 12.4. The lowest BCUT2D eigenvalue weighted by Crippen LogP contribution is -2.50. The lowest BCUT2D eigenvalue weighted by molar-refractivity contribution is -0.143. The first-order chi connectivity index (χ1) is 9.16. The Morgan fingerprint density at radius 3 is 2.42 bits per heavy atom. The van der Waals surface area contributed by atoms with E-state index in [1.54, 1.807) is 0 Å². The zero-order chi connectivity index (χ0) is 13.9. The van der Waals surface area contributed by atoms with Crippen molar-refractivity contribution < 1.29 is 9.53 Å². The normalized spacial score (nSPS) is 23.6. The SMILES string of the molecule is CCC(CC)(CN)C(=O)N(CC1CCOC1)C1CC1. The van der Waals surface area contributed by atoms with E-state index >= 15 is 0 Å². The maximum Gasteiger partial charge on any atom is 0.230 e. The minimum absolute atomic E-state index is 0.286. The van der Waals surface area contributed by atoms with Crippen LogP contribution in [0.2, 0.25) is 0 Å². The highest BCUT2D eigenvalue weighted by molar-refractivity contribution is 5.83. The maximum absolute atomic E-state index is 12.9. The van der Waals surface area contributed by atoms with E-state index in [0.29, 0.717) is 18.5 Å². The smallest absolute Gasteiger partial charge is 0.230 e. The molecule has 2 rings (SSSR count). The molecule has 4 nitrogen and oxygen atoms in total. The number of carbonyl (C=O) groups excluding carboxylic acids is 1. The molecule has 1 unspecified atom stereocenters. The number of nitrogens with zero attached hydrogens (tertiary/aromatic N) is 1. The lowest BCUT2D eigenvalue weighted by atomic mass is 9.80. The molecule has 0 aromatic rings. The molecule has 1 aliphatic carbocycles. The van der Waals surface area contributed by atoms with Gasteiger partial charge in [-0.3, -0.25) is 4.79 Å². The van der Waals surface area contributed by atoms with E-state index in [1.165, 1.54) is 0 Å². The molecule has 0 bridgehead atoms. The second-order valence-electron chi connectivity index (χ2n) is 6.11. The van der Waals surface area contributed by atoms with Crippen LogP contribution in [0.25, 0.3) is 0 Å². The van der Waals surface area contributed by atoms with Gasteiger partial charge in [0, 0.05) is 31.7 Å². The molecule has 2 fully saturated rings. The minimum Gasteiger partial charge on any atom is -0.381 e. The molecule has 1 saturated heterocycles. The van der Waals surface area contributed by atoms with Crippen molar-refractivity contribution in [3.63, 3.8) is 0 Å². The first kappa shape index (κ1) is 14.8. The molecule has 1 atom stereocenters.